The molecule has 0 atom stereocenters. The first-order chi connectivity index (χ1) is 13.9. The van der Waals surface area contributed by atoms with Crippen molar-refractivity contribution in [2.24, 2.45) is 0 Å². The quantitative estimate of drug-likeness (QED) is 0.431. The lowest BCUT2D eigenvalue weighted by atomic mass is 9.95. The highest BCUT2D eigenvalue weighted by atomic mass is 32.1. The predicted octanol–water partition coefficient (Wildman–Crippen LogP) is 8.31. The lowest BCUT2D eigenvalue weighted by Gasteiger charge is -2.13. The number of aromatic nitrogens is 1. The Morgan fingerprint density at radius 2 is 1.29 bits per heavy atom. The van der Waals surface area contributed by atoms with Gasteiger partial charge < -0.3 is 0 Å². The number of rotatable bonds is 2. The molecule has 1 aromatic carbocycles. The zero-order valence-corrected chi connectivity index (χ0v) is 17.3. The minimum atomic E-state index is 0.730. The number of hydrogen-bond donors (Lipinski definition) is 0. The molecule has 0 aliphatic heterocycles. The van der Waals surface area contributed by atoms with Crippen molar-refractivity contribution in [2.75, 3.05) is 0 Å². The van der Waals surface area contributed by atoms with E-state index < -0.39 is 0 Å². The number of fused-ring (bicyclic) bond motifs is 1. The normalized spacial score (nSPS) is 16.0. The molecule has 2 aromatic heterocycles. The van der Waals surface area contributed by atoms with Crippen molar-refractivity contribution in [1.29, 1.82) is 0 Å². The van der Waals surface area contributed by atoms with E-state index >= 15 is 0 Å². The Kier molecular flexibility index (Phi) is 6.73. The van der Waals surface area contributed by atoms with Gasteiger partial charge in [-0.2, -0.15) is 0 Å². The van der Waals surface area contributed by atoms with Gasteiger partial charge >= 0.3 is 0 Å². The molecule has 0 bridgehead atoms. The van der Waals surface area contributed by atoms with Crippen molar-refractivity contribution in [1.82, 2.24) is 4.98 Å². The van der Waals surface area contributed by atoms with E-state index in [0.717, 1.165) is 22.7 Å². The fraction of sp³-hybridized carbons (Fsp3) is 0.346. The maximum Gasteiger partial charge on any atom is 0.0820 e. The molecule has 1 fully saturated rings. The monoisotopic (exact) mass is 387 g/mol. The van der Waals surface area contributed by atoms with E-state index in [4.69, 9.17) is 4.98 Å². The van der Waals surface area contributed by atoms with Crippen LogP contribution >= 0.6 is 11.3 Å². The van der Waals surface area contributed by atoms with Crippen LogP contribution in [-0.2, 0) is 0 Å². The van der Waals surface area contributed by atoms with Crippen molar-refractivity contribution in [2.45, 2.75) is 57.3 Å². The molecular weight excluding hydrogens is 358 g/mol. The van der Waals surface area contributed by atoms with Gasteiger partial charge in [0.1, 0.15) is 0 Å². The van der Waals surface area contributed by atoms with Gasteiger partial charge in [-0.3, -0.25) is 0 Å². The Labute approximate surface area is 172 Å². The maximum absolute atomic E-state index is 5.02. The minimum Gasteiger partial charge on any atom is -0.247 e. The summed E-state index contributed by atoms with van der Waals surface area (Å²) in [5.41, 5.74) is 3.35. The molecule has 0 N–H and O–H groups in total. The Balaban J connectivity index is 1.65. The highest BCUT2D eigenvalue weighted by molar-refractivity contribution is 7.19. The van der Waals surface area contributed by atoms with Gasteiger partial charge in [0.25, 0.3) is 0 Å². The smallest absolute Gasteiger partial charge is 0.0820 e. The summed E-state index contributed by atoms with van der Waals surface area (Å²) in [5, 5.41) is 0. The summed E-state index contributed by atoms with van der Waals surface area (Å²) in [6.45, 7) is 0. The molecule has 1 aliphatic rings. The second-order valence-corrected chi connectivity index (χ2v) is 8.88. The van der Waals surface area contributed by atoms with Crippen LogP contribution in [0.15, 0.2) is 72.8 Å². The van der Waals surface area contributed by atoms with Crippen molar-refractivity contribution in [3.63, 3.8) is 0 Å². The van der Waals surface area contributed by atoms with Crippen LogP contribution in [-0.4, -0.2) is 4.98 Å². The van der Waals surface area contributed by atoms with Crippen molar-refractivity contribution in [3.8, 4) is 11.3 Å². The average molecular weight is 388 g/mol. The van der Waals surface area contributed by atoms with Crippen LogP contribution < -0.4 is 0 Å². The van der Waals surface area contributed by atoms with Crippen molar-refractivity contribution >= 4 is 21.6 Å². The minimum absolute atomic E-state index is 0.730. The SMILES string of the molecule is c1ccccc(-c2ccc3sc(C4CCCCCCCC4)cc3n2)cccc1. The summed E-state index contributed by atoms with van der Waals surface area (Å²) in [5.74, 6) is 0.730. The molecule has 144 valence electrons. The third-order valence-corrected chi connectivity index (χ3v) is 6.92. The van der Waals surface area contributed by atoms with Crippen LogP contribution in [0.1, 0.15) is 62.2 Å². The van der Waals surface area contributed by atoms with E-state index in [1.807, 2.05) is 29.5 Å². The van der Waals surface area contributed by atoms with E-state index in [9.17, 15) is 0 Å². The average Bonchev–Trinajstić information content (AvgIpc) is 3.19. The van der Waals surface area contributed by atoms with Crippen molar-refractivity contribution in [3.05, 3.63) is 77.7 Å². The summed E-state index contributed by atoms with van der Waals surface area (Å²) in [7, 11) is 0. The summed E-state index contributed by atoms with van der Waals surface area (Å²) in [6, 6.07) is 25.5. The fourth-order valence-electron chi connectivity index (χ4n) is 4.09. The molecule has 4 rings (SSSR count). The molecule has 0 spiro atoms. The lowest BCUT2D eigenvalue weighted by molar-refractivity contribution is 0.547. The van der Waals surface area contributed by atoms with Gasteiger partial charge in [-0.1, -0.05) is 93.1 Å². The van der Waals surface area contributed by atoms with Gasteiger partial charge in [0, 0.05) is 10.4 Å². The Hall–Kier alpha value is -2.19. The van der Waals surface area contributed by atoms with Crippen LogP contribution in [0.4, 0.5) is 0 Å². The molecule has 28 heavy (non-hydrogen) atoms. The largest absolute Gasteiger partial charge is 0.247 e. The van der Waals surface area contributed by atoms with Gasteiger partial charge in [-0.25, -0.2) is 4.98 Å². The van der Waals surface area contributed by atoms with E-state index in [2.05, 4.69) is 54.6 Å². The summed E-state index contributed by atoms with van der Waals surface area (Å²) in [4.78, 5) is 6.56. The van der Waals surface area contributed by atoms with Gasteiger partial charge in [0.05, 0.1) is 15.9 Å². The molecule has 2 heterocycles. The summed E-state index contributed by atoms with van der Waals surface area (Å²) >= 11 is 1.96. The molecule has 2 heteroatoms. The molecule has 0 radical (unpaired) electrons. The van der Waals surface area contributed by atoms with Crippen LogP contribution in [0, 0.1) is 0 Å². The predicted molar refractivity (Wildman–Crippen MR) is 122 cm³/mol. The van der Waals surface area contributed by atoms with Gasteiger partial charge in [-0.15, -0.1) is 11.3 Å². The number of thiophene rings is 1. The zero-order valence-electron chi connectivity index (χ0n) is 16.5. The Bertz CT molecular complexity index is 922. The first-order valence-electron chi connectivity index (χ1n) is 10.7. The second-order valence-electron chi connectivity index (χ2n) is 7.76. The lowest BCUT2D eigenvalue weighted by Crippen LogP contribution is -1.95. The highest BCUT2D eigenvalue weighted by Crippen LogP contribution is 2.37. The molecule has 1 nitrogen and oxygen atoms in total. The standard InChI is InChI=1S/C26H29NS/c1-2-6-10-14-21(15-11-7-3-1)23-18-19-25-24(27-23)20-26(28-25)22-16-12-8-4-5-9-13-17-22/h1-3,6-7,10-11,14-15,18-20,22H,4-5,8-9,12-13,16-17H2. The molecule has 1 aliphatic carbocycles. The number of hydrogen-bond acceptors (Lipinski definition) is 2. The van der Waals surface area contributed by atoms with E-state index in [-0.39, 0.29) is 0 Å². The van der Waals surface area contributed by atoms with Gasteiger partial charge in [-0.05, 0) is 37.0 Å². The zero-order chi connectivity index (χ0) is 19.0. The Morgan fingerprint density at radius 1 is 0.679 bits per heavy atom. The molecule has 3 aromatic rings. The maximum atomic E-state index is 5.02. The first kappa shape index (κ1) is 19.1. The van der Waals surface area contributed by atoms with Crippen molar-refractivity contribution < 1.29 is 0 Å². The Morgan fingerprint density at radius 3 is 1.96 bits per heavy atom. The number of nitrogens with zero attached hydrogens (tertiary/aromatic N) is 1. The van der Waals surface area contributed by atoms with Gasteiger partial charge in [0.2, 0.25) is 0 Å². The van der Waals surface area contributed by atoms with E-state index in [0.29, 0.717) is 0 Å². The molecule has 0 saturated heterocycles. The molecule has 1 saturated carbocycles. The van der Waals surface area contributed by atoms with Gasteiger partial charge in [0.15, 0.2) is 0 Å². The second kappa shape index (κ2) is 9.84. The van der Waals surface area contributed by atoms with Crippen LogP contribution in [0.2, 0.25) is 0 Å². The highest BCUT2D eigenvalue weighted by Gasteiger charge is 2.16. The van der Waals surface area contributed by atoms with E-state index in [1.165, 1.54) is 56.1 Å². The van der Waals surface area contributed by atoms with Crippen LogP contribution in [0.25, 0.3) is 21.5 Å². The summed E-state index contributed by atoms with van der Waals surface area (Å²) < 4.78 is 1.32. The van der Waals surface area contributed by atoms with Crippen LogP contribution in [0.3, 0.4) is 0 Å². The first-order valence-corrected chi connectivity index (χ1v) is 11.5. The topological polar surface area (TPSA) is 12.9 Å². The van der Waals surface area contributed by atoms with E-state index in [1.54, 1.807) is 4.88 Å². The van der Waals surface area contributed by atoms with Crippen LogP contribution in [0.5, 0.6) is 0 Å². The molecular formula is C26H29NS. The fourth-order valence-corrected chi connectivity index (χ4v) is 5.26. The summed E-state index contributed by atoms with van der Waals surface area (Å²) in [6.07, 6.45) is 11.1. The third kappa shape index (κ3) is 4.99. The third-order valence-electron chi connectivity index (χ3n) is 5.66. The molecule has 0 amide bonds. The molecule has 0 unspecified atom stereocenters. The number of pyridine rings is 1.